The Morgan fingerprint density at radius 1 is 1.22 bits per heavy atom. The molecule has 2 aromatic rings. The lowest BCUT2D eigenvalue weighted by molar-refractivity contribution is -0.384. The molecule has 0 aromatic heterocycles. The number of nitrogens with one attached hydrogen (secondary N) is 1. The van der Waals surface area contributed by atoms with Gasteiger partial charge in [0.25, 0.3) is 5.69 Å². The van der Waals surface area contributed by atoms with Gasteiger partial charge in [0.15, 0.2) is 0 Å². The molecule has 0 aliphatic heterocycles. The predicted octanol–water partition coefficient (Wildman–Crippen LogP) is 3.17. The van der Waals surface area contributed by atoms with Crippen molar-refractivity contribution in [3.05, 3.63) is 51.6 Å². The van der Waals surface area contributed by atoms with Crippen LogP contribution in [0.2, 0.25) is 0 Å². The fourth-order valence-corrected chi connectivity index (χ4v) is 2.19. The Kier molecular flexibility index (Phi) is 6.36. The van der Waals surface area contributed by atoms with E-state index in [1.54, 1.807) is 30.3 Å². The largest absolute Gasteiger partial charge is 0.495 e. The molecule has 0 heterocycles. The highest BCUT2D eigenvalue weighted by Gasteiger charge is 2.16. The second-order valence-electron chi connectivity index (χ2n) is 5.11. The third-order valence-corrected chi connectivity index (χ3v) is 3.42. The number of nitriles is 2. The van der Waals surface area contributed by atoms with Crippen molar-refractivity contribution >= 4 is 22.7 Å². The molecule has 10 heteroatoms. The molecule has 27 heavy (non-hydrogen) atoms. The molecule has 0 saturated carbocycles. The molecular weight excluding hydrogens is 352 g/mol. The standard InChI is InChI=1S/C17H14N6O4/c1-27-16-8-13(2-3-15(16)20-4-5-24)21-22-17-11(9-18)6-14(23(25)26)7-12(17)10-19/h2-3,6-8,20,24H,4-5H2,1H3. The van der Waals surface area contributed by atoms with Crippen LogP contribution in [0.1, 0.15) is 11.1 Å². The summed E-state index contributed by atoms with van der Waals surface area (Å²) in [5.74, 6) is 0.463. The highest BCUT2D eigenvalue weighted by molar-refractivity contribution is 5.67. The van der Waals surface area contributed by atoms with E-state index in [1.165, 1.54) is 7.11 Å². The van der Waals surface area contributed by atoms with Crippen LogP contribution in [-0.4, -0.2) is 30.3 Å². The third-order valence-electron chi connectivity index (χ3n) is 3.42. The van der Waals surface area contributed by atoms with Gasteiger partial charge in [-0.2, -0.15) is 15.6 Å². The molecule has 0 fully saturated rings. The number of hydrogen-bond donors (Lipinski definition) is 2. The summed E-state index contributed by atoms with van der Waals surface area (Å²) in [6.07, 6.45) is 0. The molecular formula is C17H14N6O4. The molecule has 0 radical (unpaired) electrons. The highest BCUT2D eigenvalue weighted by atomic mass is 16.6. The van der Waals surface area contributed by atoms with Crippen molar-refractivity contribution in [3.8, 4) is 17.9 Å². The van der Waals surface area contributed by atoms with Crippen molar-refractivity contribution in [2.75, 3.05) is 25.6 Å². The number of rotatable bonds is 7. The Labute approximate surface area is 154 Å². The number of hydrogen-bond acceptors (Lipinski definition) is 9. The van der Waals surface area contributed by atoms with E-state index in [2.05, 4.69) is 15.5 Å². The van der Waals surface area contributed by atoms with Crippen LogP contribution in [0.3, 0.4) is 0 Å². The van der Waals surface area contributed by atoms with Crippen molar-refractivity contribution in [2.24, 2.45) is 10.2 Å². The first kappa shape index (κ1) is 19.3. The second kappa shape index (κ2) is 8.89. The van der Waals surface area contributed by atoms with Gasteiger partial charge in [0, 0.05) is 24.7 Å². The number of nitrogens with zero attached hydrogens (tertiary/aromatic N) is 5. The number of aliphatic hydroxyl groups excluding tert-OH is 1. The maximum absolute atomic E-state index is 10.9. The van der Waals surface area contributed by atoms with Crippen LogP contribution < -0.4 is 10.1 Å². The summed E-state index contributed by atoms with van der Waals surface area (Å²) in [6.45, 7) is 0.301. The first-order valence-electron chi connectivity index (χ1n) is 7.61. The van der Waals surface area contributed by atoms with Crippen LogP contribution in [0.15, 0.2) is 40.6 Å². The quantitative estimate of drug-likeness (QED) is 0.432. The van der Waals surface area contributed by atoms with E-state index in [-0.39, 0.29) is 29.1 Å². The minimum Gasteiger partial charge on any atom is -0.495 e. The number of nitro benzene ring substituents is 1. The maximum Gasteiger partial charge on any atom is 0.272 e. The first-order chi connectivity index (χ1) is 13.0. The number of benzene rings is 2. The van der Waals surface area contributed by atoms with Crippen molar-refractivity contribution in [3.63, 3.8) is 0 Å². The van der Waals surface area contributed by atoms with E-state index >= 15 is 0 Å². The highest BCUT2D eigenvalue weighted by Crippen LogP contribution is 2.33. The number of non-ortho nitro benzene ring substituents is 1. The van der Waals surface area contributed by atoms with E-state index in [1.807, 2.05) is 0 Å². The molecule has 0 bridgehead atoms. The smallest absolute Gasteiger partial charge is 0.272 e. The fraction of sp³-hybridized carbons (Fsp3) is 0.176. The Balaban J connectivity index is 2.42. The Morgan fingerprint density at radius 3 is 2.41 bits per heavy atom. The summed E-state index contributed by atoms with van der Waals surface area (Å²) in [4.78, 5) is 10.2. The number of aliphatic hydroxyl groups is 1. The zero-order valence-corrected chi connectivity index (χ0v) is 14.2. The van der Waals surface area contributed by atoms with E-state index in [0.29, 0.717) is 23.7 Å². The van der Waals surface area contributed by atoms with Gasteiger partial charge in [0.1, 0.15) is 23.6 Å². The molecule has 10 nitrogen and oxygen atoms in total. The van der Waals surface area contributed by atoms with Gasteiger partial charge in [0.05, 0.1) is 41.1 Å². The van der Waals surface area contributed by atoms with Gasteiger partial charge >= 0.3 is 0 Å². The molecule has 0 atom stereocenters. The van der Waals surface area contributed by atoms with Crippen LogP contribution in [0, 0.1) is 32.8 Å². The molecule has 0 aliphatic carbocycles. The van der Waals surface area contributed by atoms with E-state index < -0.39 is 4.92 Å². The molecule has 0 unspecified atom stereocenters. The lowest BCUT2D eigenvalue weighted by Crippen LogP contribution is -2.06. The second-order valence-corrected chi connectivity index (χ2v) is 5.11. The first-order valence-corrected chi connectivity index (χ1v) is 7.61. The van der Waals surface area contributed by atoms with Gasteiger partial charge in [-0.1, -0.05) is 0 Å². The van der Waals surface area contributed by atoms with Crippen LogP contribution in [0.4, 0.5) is 22.7 Å². The monoisotopic (exact) mass is 366 g/mol. The summed E-state index contributed by atoms with van der Waals surface area (Å²) in [5, 5.41) is 49.1. The normalized spacial score (nSPS) is 10.2. The molecule has 0 saturated heterocycles. The van der Waals surface area contributed by atoms with Crippen molar-refractivity contribution < 1.29 is 14.8 Å². The number of nitro groups is 1. The van der Waals surface area contributed by atoms with Crippen molar-refractivity contribution in [1.29, 1.82) is 10.5 Å². The zero-order valence-electron chi connectivity index (χ0n) is 14.2. The number of ether oxygens (including phenoxy) is 1. The SMILES string of the molecule is COc1cc(N=Nc2c(C#N)cc([N+](=O)[O-])cc2C#N)ccc1NCCO. The molecule has 0 aliphatic rings. The minimum atomic E-state index is -0.689. The van der Waals surface area contributed by atoms with Crippen LogP contribution >= 0.6 is 0 Å². The van der Waals surface area contributed by atoms with Crippen LogP contribution in [0.5, 0.6) is 5.75 Å². The Bertz CT molecular complexity index is 939. The number of methoxy groups -OCH3 is 1. The number of azo groups is 1. The Hall–Kier alpha value is -4.02. The van der Waals surface area contributed by atoms with Gasteiger partial charge in [-0.05, 0) is 12.1 Å². The van der Waals surface area contributed by atoms with E-state index in [9.17, 15) is 20.6 Å². The summed E-state index contributed by atoms with van der Waals surface area (Å²) < 4.78 is 5.24. The molecule has 136 valence electrons. The third kappa shape index (κ3) is 4.54. The van der Waals surface area contributed by atoms with Gasteiger partial charge in [-0.15, -0.1) is 5.11 Å². The molecule has 2 aromatic carbocycles. The summed E-state index contributed by atoms with van der Waals surface area (Å²) in [6, 6.07) is 10.5. The van der Waals surface area contributed by atoms with E-state index in [4.69, 9.17) is 9.84 Å². The molecule has 2 N–H and O–H groups in total. The van der Waals surface area contributed by atoms with Crippen LogP contribution in [-0.2, 0) is 0 Å². The summed E-state index contributed by atoms with van der Waals surface area (Å²) >= 11 is 0. The van der Waals surface area contributed by atoms with Gasteiger partial charge in [0.2, 0.25) is 0 Å². The lowest BCUT2D eigenvalue weighted by atomic mass is 10.1. The van der Waals surface area contributed by atoms with Crippen LogP contribution in [0.25, 0.3) is 0 Å². The Morgan fingerprint density at radius 2 is 1.89 bits per heavy atom. The van der Waals surface area contributed by atoms with Gasteiger partial charge < -0.3 is 15.2 Å². The van der Waals surface area contributed by atoms with Gasteiger partial charge in [-0.25, -0.2) is 0 Å². The average molecular weight is 366 g/mol. The maximum atomic E-state index is 10.9. The average Bonchev–Trinajstić information content (AvgIpc) is 2.69. The van der Waals surface area contributed by atoms with Crippen molar-refractivity contribution in [2.45, 2.75) is 0 Å². The molecule has 0 spiro atoms. The van der Waals surface area contributed by atoms with Crippen molar-refractivity contribution in [1.82, 2.24) is 0 Å². The molecule has 0 amide bonds. The predicted molar refractivity (Wildman–Crippen MR) is 95.3 cm³/mol. The van der Waals surface area contributed by atoms with Gasteiger partial charge in [-0.3, -0.25) is 10.1 Å². The number of anilines is 1. The van der Waals surface area contributed by atoms with E-state index in [0.717, 1.165) is 12.1 Å². The topological polar surface area (TPSA) is 157 Å². The zero-order chi connectivity index (χ0) is 19.8. The summed E-state index contributed by atoms with van der Waals surface area (Å²) in [7, 11) is 1.47. The fourth-order valence-electron chi connectivity index (χ4n) is 2.19. The molecule has 2 rings (SSSR count). The summed E-state index contributed by atoms with van der Waals surface area (Å²) in [5.41, 5.74) is 0.356. The minimum absolute atomic E-state index is 0.0430. The lowest BCUT2D eigenvalue weighted by Gasteiger charge is -2.10.